The van der Waals surface area contributed by atoms with Crippen molar-refractivity contribution in [3.63, 3.8) is 0 Å². The SMILES string of the molecule is [C-]#[N+]c1cc(-c2cc(-n3c4cc(-c5ccc(C)cc5)ccc4c4ccc(-c5ccc(C)cc5)cc43)c(-n3c4cc(-c5ccc(C)cc5)ccc4c4ccc(-c5ccc(C)cc5)cc43)cc2[N+]#[C-])cc(C(F)(F)F)c1. The van der Waals surface area contributed by atoms with E-state index in [1.807, 2.05) is 12.1 Å². The highest BCUT2D eigenvalue weighted by Gasteiger charge is 2.32. The number of rotatable bonds is 7. The van der Waals surface area contributed by atoms with Gasteiger partial charge in [0.1, 0.15) is 0 Å². The van der Waals surface area contributed by atoms with E-state index < -0.39 is 11.7 Å². The summed E-state index contributed by atoms with van der Waals surface area (Å²) in [6.07, 6.45) is -4.74. The van der Waals surface area contributed by atoms with Gasteiger partial charge in [-0.25, -0.2) is 9.69 Å². The standard InChI is InChI=1S/C67H45F3N4/c1-40-7-15-44(16-8-40)48-23-27-55-56-28-24-49(45-17-9-41(2)10-18-45)34-62(56)73(61(55)33-48)65-38-59(52-31-53(67(68,69)70)37-54(32-52)71-5)60(72-6)39-66(65)74-63-35-50(46-19-11-42(3)12-20-46)25-29-57(63)58-30-26-51(36-64(58)74)47-21-13-43(4)14-22-47/h7-39H,1-4H3. The first kappa shape index (κ1) is 45.7. The van der Waals surface area contributed by atoms with E-state index in [1.54, 1.807) is 0 Å². The molecule has 0 N–H and O–H groups in total. The fourth-order valence-corrected chi connectivity index (χ4v) is 10.5. The van der Waals surface area contributed by atoms with Gasteiger partial charge in [-0.15, -0.1) is 0 Å². The molecule has 0 aliphatic heterocycles. The molecule has 0 aliphatic carbocycles. The van der Waals surface area contributed by atoms with Crippen molar-refractivity contribution in [2.75, 3.05) is 0 Å². The van der Waals surface area contributed by atoms with Crippen LogP contribution in [0.1, 0.15) is 27.8 Å². The number of benzene rings is 10. The zero-order valence-corrected chi connectivity index (χ0v) is 41.0. The van der Waals surface area contributed by atoms with Gasteiger partial charge in [0, 0.05) is 27.1 Å². The van der Waals surface area contributed by atoms with Crippen LogP contribution in [0, 0.1) is 40.8 Å². The van der Waals surface area contributed by atoms with Crippen molar-refractivity contribution in [1.82, 2.24) is 9.13 Å². The topological polar surface area (TPSA) is 18.6 Å². The Morgan fingerprint density at radius 1 is 0.338 bits per heavy atom. The molecule has 0 aliphatic rings. The first-order chi connectivity index (χ1) is 35.8. The molecule has 7 heteroatoms. The number of hydrogen-bond donors (Lipinski definition) is 0. The van der Waals surface area contributed by atoms with E-state index in [0.29, 0.717) is 11.4 Å². The molecule has 0 saturated heterocycles. The molecule has 2 heterocycles. The Kier molecular flexibility index (Phi) is 10.9. The molecule has 0 spiro atoms. The minimum Gasteiger partial charge on any atom is -0.308 e. The number of alkyl halides is 3. The fourth-order valence-electron chi connectivity index (χ4n) is 10.5. The van der Waals surface area contributed by atoms with Crippen molar-refractivity contribution in [3.8, 4) is 67.0 Å². The summed E-state index contributed by atoms with van der Waals surface area (Å²) in [4.78, 5) is 7.60. The van der Waals surface area contributed by atoms with Gasteiger partial charge in [0.25, 0.3) is 0 Å². The van der Waals surface area contributed by atoms with Crippen LogP contribution in [-0.2, 0) is 6.18 Å². The quantitative estimate of drug-likeness (QED) is 0.142. The number of halogens is 3. The summed E-state index contributed by atoms with van der Waals surface area (Å²) in [5.74, 6) is 0. The zero-order chi connectivity index (χ0) is 51.0. The Morgan fingerprint density at radius 2 is 0.662 bits per heavy atom. The van der Waals surface area contributed by atoms with E-state index in [2.05, 4.69) is 216 Å². The average molecular weight is 963 g/mol. The van der Waals surface area contributed by atoms with Crippen LogP contribution >= 0.6 is 0 Å². The molecule has 74 heavy (non-hydrogen) atoms. The van der Waals surface area contributed by atoms with Gasteiger partial charge in [-0.2, -0.15) is 13.2 Å². The molecule has 12 aromatic rings. The molecule has 0 fully saturated rings. The predicted octanol–water partition coefficient (Wildman–Crippen LogP) is 19.6. The van der Waals surface area contributed by atoms with E-state index in [0.717, 1.165) is 123 Å². The summed E-state index contributed by atoms with van der Waals surface area (Å²) in [7, 11) is 0. The smallest absolute Gasteiger partial charge is 0.308 e. The van der Waals surface area contributed by atoms with Crippen molar-refractivity contribution >= 4 is 55.0 Å². The number of aryl methyl sites for hydroxylation is 4. The number of nitrogens with zero attached hydrogens (tertiary/aromatic N) is 4. The summed E-state index contributed by atoms with van der Waals surface area (Å²) in [6, 6.07) is 66.8. The van der Waals surface area contributed by atoms with Crippen molar-refractivity contribution < 1.29 is 13.2 Å². The second kappa shape index (κ2) is 17.7. The van der Waals surface area contributed by atoms with Gasteiger partial charge < -0.3 is 9.13 Å². The molecule has 4 nitrogen and oxygen atoms in total. The second-order valence-electron chi connectivity index (χ2n) is 19.4. The van der Waals surface area contributed by atoms with Gasteiger partial charge >= 0.3 is 6.18 Å². The number of fused-ring (bicyclic) bond motifs is 6. The van der Waals surface area contributed by atoms with Crippen LogP contribution < -0.4 is 0 Å². The third-order valence-corrected chi connectivity index (χ3v) is 14.5. The molecule has 12 rings (SSSR count). The van der Waals surface area contributed by atoms with Crippen LogP contribution in [0.25, 0.3) is 120 Å². The Hall–Kier alpha value is -9.43. The highest BCUT2D eigenvalue weighted by Crippen LogP contribution is 2.47. The molecule has 354 valence electrons. The Labute approximate surface area is 427 Å². The molecule has 0 saturated carbocycles. The van der Waals surface area contributed by atoms with Crippen molar-refractivity contribution in [3.05, 3.63) is 251 Å². The van der Waals surface area contributed by atoms with Crippen molar-refractivity contribution in [1.29, 1.82) is 0 Å². The summed E-state index contributed by atoms with van der Waals surface area (Å²) in [5.41, 5.74) is 16.9. The lowest BCUT2D eigenvalue weighted by Gasteiger charge is -2.21. The van der Waals surface area contributed by atoms with Crippen LogP contribution in [0.2, 0.25) is 0 Å². The number of hydrogen-bond acceptors (Lipinski definition) is 0. The maximum Gasteiger partial charge on any atom is 0.415 e. The maximum atomic E-state index is 14.8. The van der Waals surface area contributed by atoms with E-state index in [1.165, 1.54) is 6.07 Å². The van der Waals surface area contributed by atoms with Crippen LogP contribution in [0.15, 0.2) is 200 Å². The summed E-state index contributed by atoms with van der Waals surface area (Å²) < 4.78 is 48.7. The normalized spacial score (nSPS) is 11.7. The first-order valence-electron chi connectivity index (χ1n) is 24.4. The largest absolute Gasteiger partial charge is 0.415 e. The van der Waals surface area contributed by atoms with Crippen LogP contribution in [0.3, 0.4) is 0 Å². The lowest BCUT2D eigenvalue weighted by Crippen LogP contribution is -2.06. The van der Waals surface area contributed by atoms with Crippen molar-refractivity contribution in [2.24, 2.45) is 0 Å². The molecular formula is C67H45F3N4. The first-order valence-corrected chi connectivity index (χ1v) is 24.4. The summed E-state index contributed by atoms with van der Waals surface area (Å²) >= 11 is 0. The van der Waals surface area contributed by atoms with Gasteiger partial charge in [0.05, 0.1) is 46.6 Å². The van der Waals surface area contributed by atoms with Crippen molar-refractivity contribution in [2.45, 2.75) is 33.9 Å². The Morgan fingerprint density at radius 3 is 0.973 bits per heavy atom. The van der Waals surface area contributed by atoms with Gasteiger partial charge in [-0.3, -0.25) is 0 Å². The Balaban J connectivity index is 1.26. The fraction of sp³-hybridized carbons (Fsp3) is 0.0746. The molecule has 2 aromatic heterocycles. The molecule has 0 amide bonds. The third kappa shape index (κ3) is 7.96. The highest BCUT2D eigenvalue weighted by atomic mass is 19.4. The lowest BCUT2D eigenvalue weighted by atomic mass is 9.98. The van der Waals surface area contributed by atoms with E-state index in [9.17, 15) is 13.2 Å². The van der Waals surface area contributed by atoms with Crippen LogP contribution in [0.4, 0.5) is 24.5 Å². The average Bonchev–Trinajstić information content (AvgIpc) is 3.92. The highest BCUT2D eigenvalue weighted by molar-refractivity contribution is 6.14. The van der Waals surface area contributed by atoms with Gasteiger partial charge in [-0.05, 0) is 138 Å². The minimum atomic E-state index is -4.74. The Bertz CT molecular complexity index is 4110. The van der Waals surface area contributed by atoms with Crippen LogP contribution in [-0.4, -0.2) is 9.13 Å². The molecule has 0 atom stereocenters. The molecule has 0 bridgehead atoms. The monoisotopic (exact) mass is 962 g/mol. The van der Waals surface area contributed by atoms with E-state index in [-0.39, 0.29) is 22.5 Å². The molecule has 0 radical (unpaired) electrons. The van der Waals surface area contributed by atoms with Gasteiger partial charge in [0.15, 0.2) is 11.4 Å². The zero-order valence-electron chi connectivity index (χ0n) is 41.0. The molecule has 0 unspecified atom stereocenters. The third-order valence-electron chi connectivity index (χ3n) is 14.5. The molecular weight excluding hydrogens is 918 g/mol. The molecule has 10 aromatic carbocycles. The van der Waals surface area contributed by atoms with Gasteiger partial charge in [0.2, 0.25) is 0 Å². The minimum absolute atomic E-state index is 0.122. The maximum absolute atomic E-state index is 14.8. The summed E-state index contributed by atoms with van der Waals surface area (Å²) in [5, 5.41) is 3.95. The van der Waals surface area contributed by atoms with Crippen LogP contribution in [0.5, 0.6) is 0 Å². The lowest BCUT2D eigenvalue weighted by molar-refractivity contribution is -0.137. The van der Waals surface area contributed by atoms with E-state index in [4.69, 9.17) is 13.1 Å². The predicted molar refractivity (Wildman–Crippen MR) is 299 cm³/mol. The second-order valence-corrected chi connectivity index (χ2v) is 19.4. The summed E-state index contributed by atoms with van der Waals surface area (Å²) in [6.45, 7) is 25.0. The van der Waals surface area contributed by atoms with Gasteiger partial charge in [-0.1, -0.05) is 168 Å². The number of aromatic nitrogens is 2. The van der Waals surface area contributed by atoms with E-state index >= 15 is 0 Å².